The van der Waals surface area contributed by atoms with Crippen molar-refractivity contribution in [3.05, 3.63) is 52.2 Å². The molecular formula is C17H22N2O3S2. The Bertz CT molecular complexity index is 785. The Morgan fingerprint density at radius 2 is 1.96 bits per heavy atom. The van der Waals surface area contributed by atoms with Gasteiger partial charge in [0.15, 0.2) is 0 Å². The van der Waals surface area contributed by atoms with Gasteiger partial charge in [-0.25, -0.2) is 8.42 Å². The summed E-state index contributed by atoms with van der Waals surface area (Å²) in [5.74, 6) is -0.235. The number of amides is 1. The fourth-order valence-electron chi connectivity index (χ4n) is 2.08. The van der Waals surface area contributed by atoms with Gasteiger partial charge in [0.25, 0.3) is 5.91 Å². The number of sulfonamides is 1. The topological polar surface area (TPSA) is 66.5 Å². The van der Waals surface area contributed by atoms with Gasteiger partial charge >= 0.3 is 0 Å². The van der Waals surface area contributed by atoms with Crippen molar-refractivity contribution in [3.63, 3.8) is 0 Å². The first kappa shape index (κ1) is 18.6. The molecule has 0 fully saturated rings. The van der Waals surface area contributed by atoms with E-state index in [9.17, 15) is 13.2 Å². The highest BCUT2D eigenvalue weighted by Crippen LogP contribution is 2.23. The van der Waals surface area contributed by atoms with Gasteiger partial charge < -0.3 is 5.32 Å². The van der Waals surface area contributed by atoms with E-state index in [0.29, 0.717) is 4.88 Å². The van der Waals surface area contributed by atoms with Crippen LogP contribution in [0.4, 0.5) is 0 Å². The Kier molecular flexibility index (Phi) is 6.15. The summed E-state index contributed by atoms with van der Waals surface area (Å²) in [6, 6.07) is 10.9. The SMILES string of the molecule is CC[C@@H](C)NC(=O)c1cc(S(=O)(=O)N(C)Cc2ccccc2)cs1. The van der Waals surface area contributed by atoms with Gasteiger partial charge in [-0.2, -0.15) is 4.31 Å². The van der Waals surface area contributed by atoms with E-state index >= 15 is 0 Å². The molecule has 1 atom stereocenters. The lowest BCUT2D eigenvalue weighted by Gasteiger charge is -2.16. The zero-order chi connectivity index (χ0) is 17.7. The van der Waals surface area contributed by atoms with Crippen LogP contribution in [0.2, 0.25) is 0 Å². The molecule has 0 unspecified atom stereocenters. The van der Waals surface area contributed by atoms with Gasteiger partial charge in [0, 0.05) is 25.0 Å². The molecule has 1 N–H and O–H groups in total. The zero-order valence-electron chi connectivity index (χ0n) is 14.0. The minimum Gasteiger partial charge on any atom is -0.349 e. The largest absolute Gasteiger partial charge is 0.349 e. The van der Waals surface area contributed by atoms with Gasteiger partial charge in [0.1, 0.15) is 0 Å². The molecule has 0 aliphatic heterocycles. The number of hydrogen-bond donors (Lipinski definition) is 1. The third kappa shape index (κ3) is 4.43. The summed E-state index contributed by atoms with van der Waals surface area (Å²) in [5.41, 5.74) is 0.911. The molecule has 0 radical (unpaired) electrons. The third-order valence-electron chi connectivity index (χ3n) is 3.75. The van der Waals surface area contributed by atoms with Crippen molar-refractivity contribution >= 4 is 27.3 Å². The molecule has 2 rings (SSSR count). The Morgan fingerprint density at radius 1 is 1.29 bits per heavy atom. The molecule has 0 bridgehead atoms. The van der Waals surface area contributed by atoms with Gasteiger partial charge in [-0.05, 0) is 25.0 Å². The average molecular weight is 367 g/mol. The van der Waals surface area contributed by atoms with Crippen molar-refractivity contribution in [3.8, 4) is 0 Å². The maximum atomic E-state index is 12.7. The molecule has 130 valence electrons. The smallest absolute Gasteiger partial charge is 0.261 e. The number of carbonyl (C=O) groups excluding carboxylic acids is 1. The number of thiophene rings is 1. The maximum Gasteiger partial charge on any atom is 0.261 e. The van der Waals surface area contributed by atoms with E-state index in [2.05, 4.69) is 5.32 Å². The van der Waals surface area contributed by atoms with Gasteiger partial charge in [0.05, 0.1) is 9.77 Å². The summed E-state index contributed by atoms with van der Waals surface area (Å²) in [6.07, 6.45) is 0.822. The molecular weight excluding hydrogens is 344 g/mol. The summed E-state index contributed by atoms with van der Waals surface area (Å²) >= 11 is 1.14. The zero-order valence-corrected chi connectivity index (χ0v) is 15.7. The molecule has 0 saturated carbocycles. The third-order valence-corrected chi connectivity index (χ3v) is 6.60. The molecule has 1 amide bonds. The summed E-state index contributed by atoms with van der Waals surface area (Å²) in [5, 5.41) is 4.36. The Labute approximate surface area is 147 Å². The van der Waals surface area contributed by atoms with Crippen LogP contribution in [0.15, 0.2) is 46.7 Å². The number of nitrogens with one attached hydrogen (secondary N) is 1. The normalized spacial score (nSPS) is 13.0. The minimum atomic E-state index is -3.62. The summed E-state index contributed by atoms with van der Waals surface area (Å²) in [4.78, 5) is 12.7. The monoisotopic (exact) mass is 366 g/mol. The molecule has 0 saturated heterocycles. The second-order valence-electron chi connectivity index (χ2n) is 5.68. The molecule has 5 nitrogen and oxygen atoms in total. The molecule has 0 spiro atoms. The molecule has 1 heterocycles. The van der Waals surface area contributed by atoms with Crippen molar-refractivity contribution in [2.45, 2.75) is 37.8 Å². The Balaban J connectivity index is 2.14. The van der Waals surface area contributed by atoms with E-state index < -0.39 is 10.0 Å². The van der Waals surface area contributed by atoms with Crippen LogP contribution in [0.5, 0.6) is 0 Å². The van der Waals surface area contributed by atoms with Gasteiger partial charge in [0.2, 0.25) is 10.0 Å². The van der Waals surface area contributed by atoms with Crippen LogP contribution >= 0.6 is 11.3 Å². The first-order chi connectivity index (χ1) is 11.3. The predicted octanol–water partition coefficient (Wildman–Crippen LogP) is 3.10. The van der Waals surface area contributed by atoms with E-state index in [4.69, 9.17) is 0 Å². The quantitative estimate of drug-likeness (QED) is 0.819. The van der Waals surface area contributed by atoms with Crippen LogP contribution in [-0.4, -0.2) is 31.7 Å². The molecule has 7 heteroatoms. The summed E-state index contributed by atoms with van der Waals surface area (Å²) in [6.45, 7) is 4.18. The highest BCUT2D eigenvalue weighted by molar-refractivity contribution is 7.89. The highest BCUT2D eigenvalue weighted by Gasteiger charge is 2.24. The van der Waals surface area contributed by atoms with Crippen LogP contribution in [-0.2, 0) is 16.6 Å². The number of hydrogen-bond acceptors (Lipinski definition) is 4. The van der Waals surface area contributed by atoms with Crippen LogP contribution in [0.3, 0.4) is 0 Å². The molecule has 1 aromatic heterocycles. The first-order valence-electron chi connectivity index (χ1n) is 7.74. The van der Waals surface area contributed by atoms with E-state index in [1.54, 1.807) is 7.05 Å². The van der Waals surface area contributed by atoms with E-state index in [-0.39, 0.29) is 23.4 Å². The van der Waals surface area contributed by atoms with Crippen molar-refractivity contribution in [1.82, 2.24) is 9.62 Å². The van der Waals surface area contributed by atoms with Gasteiger partial charge in [-0.15, -0.1) is 11.3 Å². The lowest BCUT2D eigenvalue weighted by atomic mass is 10.2. The first-order valence-corrected chi connectivity index (χ1v) is 10.1. The van der Waals surface area contributed by atoms with Gasteiger partial charge in [-0.1, -0.05) is 37.3 Å². The highest BCUT2D eigenvalue weighted by atomic mass is 32.2. The predicted molar refractivity (Wildman–Crippen MR) is 96.6 cm³/mol. The fraction of sp³-hybridized carbons (Fsp3) is 0.353. The lowest BCUT2D eigenvalue weighted by Crippen LogP contribution is -2.31. The van der Waals surface area contributed by atoms with E-state index in [1.807, 2.05) is 44.2 Å². The maximum absolute atomic E-state index is 12.7. The second kappa shape index (κ2) is 7.92. The minimum absolute atomic E-state index is 0.0559. The number of carbonyl (C=O) groups is 1. The Hall–Kier alpha value is -1.70. The van der Waals surface area contributed by atoms with Gasteiger partial charge in [-0.3, -0.25) is 4.79 Å². The standard InChI is InChI=1S/C17H22N2O3S2/c1-4-13(2)18-17(20)16-10-15(12-23-16)24(21,22)19(3)11-14-8-6-5-7-9-14/h5-10,12-13H,4,11H2,1-3H3,(H,18,20)/t13-/m1/s1. The number of rotatable bonds is 7. The van der Waals surface area contributed by atoms with Crippen molar-refractivity contribution in [1.29, 1.82) is 0 Å². The van der Waals surface area contributed by atoms with Crippen LogP contribution in [0, 0.1) is 0 Å². The van der Waals surface area contributed by atoms with Crippen LogP contribution in [0.25, 0.3) is 0 Å². The van der Waals surface area contributed by atoms with Crippen molar-refractivity contribution in [2.24, 2.45) is 0 Å². The van der Waals surface area contributed by atoms with E-state index in [1.165, 1.54) is 15.8 Å². The average Bonchev–Trinajstić information content (AvgIpc) is 3.06. The van der Waals surface area contributed by atoms with Crippen molar-refractivity contribution in [2.75, 3.05) is 7.05 Å². The summed E-state index contributed by atoms with van der Waals surface area (Å²) < 4.78 is 26.6. The van der Waals surface area contributed by atoms with Crippen LogP contribution < -0.4 is 5.32 Å². The number of nitrogens with zero attached hydrogens (tertiary/aromatic N) is 1. The van der Waals surface area contributed by atoms with Crippen LogP contribution in [0.1, 0.15) is 35.5 Å². The van der Waals surface area contributed by atoms with E-state index in [0.717, 1.165) is 23.3 Å². The molecule has 1 aromatic carbocycles. The van der Waals surface area contributed by atoms with Crippen molar-refractivity contribution < 1.29 is 13.2 Å². The summed E-state index contributed by atoms with van der Waals surface area (Å²) in [7, 11) is -2.08. The fourth-order valence-corrected chi connectivity index (χ4v) is 4.40. The lowest BCUT2D eigenvalue weighted by molar-refractivity contribution is 0.0943. The molecule has 24 heavy (non-hydrogen) atoms. The molecule has 0 aliphatic carbocycles. The molecule has 2 aromatic rings. The molecule has 0 aliphatic rings. The second-order valence-corrected chi connectivity index (χ2v) is 8.63. The number of benzene rings is 1. The Morgan fingerprint density at radius 3 is 2.58 bits per heavy atom.